The molecule has 0 amide bonds. The van der Waals surface area contributed by atoms with Crippen molar-refractivity contribution in [2.24, 2.45) is 5.92 Å². The number of benzene rings is 1. The average Bonchev–Trinajstić information content (AvgIpc) is 3.44. The van der Waals surface area contributed by atoms with Crippen LogP contribution in [-0.4, -0.2) is 46.9 Å². The summed E-state index contributed by atoms with van der Waals surface area (Å²) < 4.78 is 12.2. The molecule has 0 unspecified atom stereocenters. The summed E-state index contributed by atoms with van der Waals surface area (Å²) in [5.74, 6) is -0.610. The summed E-state index contributed by atoms with van der Waals surface area (Å²) in [4.78, 5) is 28.6. The number of nitrogens with zero attached hydrogens (tertiary/aromatic N) is 3. The highest BCUT2D eigenvalue weighted by Crippen LogP contribution is 2.30. The van der Waals surface area contributed by atoms with Crippen molar-refractivity contribution in [3.8, 4) is 0 Å². The van der Waals surface area contributed by atoms with E-state index in [1.54, 1.807) is 24.7 Å². The molecule has 1 saturated heterocycles. The van der Waals surface area contributed by atoms with E-state index in [4.69, 9.17) is 9.47 Å². The topological polar surface area (TPSA) is 107 Å². The van der Waals surface area contributed by atoms with E-state index >= 15 is 0 Å². The lowest BCUT2D eigenvalue weighted by Gasteiger charge is -2.20. The molecule has 1 aromatic carbocycles. The molecule has 2 N–H and O–H groups in total. The summed E-state index contributed by atoms with van der Waals surface area (Å²) in [5, 5.41) is 11.2. The van der Waals surface area contributed by atoms with Gasteiger partial charge in [0.1, 0.15) is 6.61 Å². The van der Waals surface area contributed by atoms with E-state index in [0.29, 0.717) is 30.8 Å². The zero-order chi connectivity index (χ0) is 23.2. The number of hydrogen-bond acceptors (Lipinski definition) is 8. The van der Waals surface area contributed by atoms with Gasteiger partial charge in [0, 0.05) is 25.2 Å². The second-order valence-corrected chi connectivity index (χ2v) is 7.96. The van der Waals surface area contributed by atoms with Crippen LogP contribution in [0.2, 0.25) is 0 Å². The molecule has 1 aliphatic heterocycles. The van der Waals surface area contributed by atoms with Crippen molar-refractivity contribution < 1.29 is 19.1 Å². The molecule has 33 heavy (non-hydrogen) atoms. The van der Waals surface area contributed by atoms with Gasteiger partial charge < -0.3 is 20.1 Å². The Balaban J connectivity index is 1.43. The fourth-order valence-corrected chi connectivity index (χ4v) is 4.03. The maximum atomic E-state index is 12.5. The maximum absolute atomic E-state index is 12.5. The number of aromatic nitrogens is 3. The Morgan fingerprint density at radius 3 is 2.76 bits per heavy atom. The number of ether oxygens (including phenoxy) is 2. The van der Waals surface area contributed by atoms with E-state index in [9.17, 15) is 9.59 Å². The van der Waals surface area contributed by atoms with Crippen LogP contribution in [0.15, 0.2) is 55.0 Å². The van der Waals surface area contributed by atoms with Crippen LogP contribution in [0.3, 0.4) is 0 Å². The molecule has 1 fully saturated rings. The number of carbonyl (C=O) groups excluding carboxylic acids is 2. The third-order valence-electron chi connectivity index (χ3n) is 5.83. The van der Waals surface area contributed by atoms with Crippen LogP contribution in [0.25, 0.3) is 0 Å². The summed E-state index contributed by atoms with van der Waals surface area (Å²) in [7, 11) is 1.34. The number of nitrogens with one attached hydrogen (secondary N) is 2. The highest BCUT2D eigenvalue weighted by molar-refractivity contribution is 5.96. The molecule has 4 rings (SSSR count). The van der Waals surface area contributed by atoms with Crippen LogP contribution >= 0.6 is 0 Å². The number of anilines is 2. The van der Waals surface area contributed by atoms with Gasteiger partial charge in [-0.15, -0.1) is 0 Å². The SMILES string of the molecule is COC(=O)c1ccncc1Nc1cnn([C@@H]2CNC[C@@H]2CC(=O)OCc2ccccc2)c1C. The first-order valence-electron chi connectivity index (χ1n) is 10.8. The average molecular weight is 450 g/mol. The Bertz CT molecular complexity index is 1120. The van der Waals surface area contributed by atoms with Crippen LogP contribution in [-0.2, 0) is 20.9 Å². The van der Waals surface area contributed by atoms with Crippen LogP contribution in [0.1, 0.15) is 34.1 Å². The number of carbonyl (C=O) groups is 2. The first-order valence-corrected chi connectivity index (χ1v) is 10.8. The molecule has 9 heteroatoms. The smallest absolute Gasteiger partial charge is 0.340 e. The van der Waals surface area contributed by atoms with Crippen LogP contribution in [0, 0.1) is 12.8 Å². The van der Waals surface area contributed by atoms with Crippen molar-refractivity contribution in [1.29, 1.82) is 0 Å². The third-order valence-corrected chi connectivity index (χ3v) is 5.83. The molecular formula is C24H27N5O4. The van der Waals surface area contributed by atoms with E-state index < -0.39 is 5.97 Å². The second kappa shape index (κ2) is 10.3. The number of pyridine rings is 1. The van der Waals surface area contributed by atoms with Crippen molar-refractivity contribution in [2.45, 2.75) is 26.0 Å². The van der Waals surface area contributed by atoms with Crippen molar-refractivity contribution in [1.82, 2.24) is 20.1 Å². The number of esters is 2. The van der Waals surface area contributed by atoms with Gasteiger partial charge in [-0.05, 0) is 18.6 Å². The van der Waals surface area contributed by atoms with E-state index in [1.807, 2.05) is 41.9 Å². The van der Waals surface area contributed by atoms with Gasteiger partial charge >= 0.3 is 11.9 Å². The third kappa shape index (κ3) is 5.20. The molecule has 0 bridgehead atoms. The number of hydrogen-bond donors (Lipinski definition) is 2. The quantitative estimate of drug-likeness (QED) is 0.506. The molecule has 2 atom stereocenters. The largest absolute Gasteiger partial charge is 0.465 e. The number of rotatable bonds is 8. The number of methoxy groups -OCH3 is 1. The van der Waals surface area contributed by atoms with Gasteiger partial charge in [0.25, 0.3) is 0 Å². The molecule has 0 radical (unpaired) electrons. The Morgan fingerprint density at radius 1 is 1.15 bits per heavy atom. The van der Waals surface area contributed by atoms with E-state index in [1.165, 1.54) is 7.11 Å². The lowest BCUT2D eigenvalue weighted by molar-refractivity contribution is -0.146. The summed E-state index contributed by atoms with van der Waals surface area (Å²) in [6, 6.07) is 11.3. The molecule has 0 aliphatic carbocycles. The Kier molecular flexibility index (Phi) is 6.99. The lowest BCUT2D eigenvalue weighted by atomic mass is 10.00. The molecule has 0 spiro atoms. The van der Waals surface area contributed by atoms with Crippen LogP contribution in [0.5, 0.6) is 0 Å². The van der Waals surface area contributed by atoms with Gasteiger partial charge in [-0.3, -0.25) is 14.5 Å². The molecule has 3 aromatic rings. The standard InChI is InChI=1S/C24H27N5O4/c1-16-20(28-21-12-25-9-8-19(21)24(31)32-2)13-27-29(16)22-14-26-11-18(22)10-23(30)33-15-17-6-4-3-5-7-17/h3-9,12-13,18,22,26,28H,10-11,14-15H2,1-2H3/t18-,22+/m0/s1. The van der Waals surface area contributed by atoms with Gasteiger partial charge in [0.15, 0.2) is 0 Å². The Morgan fingerprint density at radius 2 is 1.97 bits per heavy atom. The van der Waals surface area contributed by atoms with Crippen molar-refractivity contribution >= 4 is 23.3 Å². The fraction of sp³-hybridized carbons (Fsp3) is 0.333. The molecule has 9 nitrogen and oxygen atoms in total. The molecule has 2 aromatic heterocycles. The predicted octanol–water partition coefficient (Wildman–Crippen LogP) is 3.01. The minimum atomic E-state index is -0.445. The van der Waals surface area contributed by atoms with Crippen molar-refractivity contribution in [3.05, 3.63) is 71.8 Å². The molecule has 0 saturated carbocycles. The summed E-state index contributed by atoms with van der Waals surface area (Å²) in [5.41, 5.74) is 3.54. The Labute approximate surface area is 192 Å². The molecule has 1 aliphatic rings. The normalized spacial score (nSPS) is 17.5. The van der Waals surface area contributed by atoms with Crippen molar-refractivity contribution in [2.75, 3.05) is 25.5 Å². The first kappa shape index (κ1) is 22.5. The second-order valence-electron chi connectivity index (χ2n) is 7.96. The van der Waals surface area contributed by atoms with Crippen molar-refractivity contribution in [3.63, 3.8) is 0 Å². The summed E-state index contributed by atoms with van der Waals surface area (Å²) in [6.07, 6.45) is 5.14. The molecule has 3 heterocycles. The Hall–Kier alpha value is -3.72. The van der Waals surface area contributed by atoms with Crippen LogP contribution in [0.4, 0.5) is 11.4 Å². The zero-order valence-electron chi connectivity index (χ0n) is 18.7. The maximum Gasteiger partial charge on any atom is 0.340 e. The molecule has 172 valence electrons. The molecular weight excluding hydrogens is 422 g/mol. The summed E-state index contributed by atoms with van der Waals surface area (Å²) >= 11 is 0. The zero-order valence-corrected chi connectivity index (χ0v) is 18.7. The van der Waals surface area contributed by atoms with E-state index in [0.717, 1.165) is 16.9 Å². The first-order chi connectivity index (χ1) is 16.1. The van der Waals surface area contributed by atoms with Gasteiger partial charge in [-0.2, -0.15) is 5.10 Å². The highest BCUT2D eigenvalue weighted by Gasteiger charge is 2.32. The lowest BCUT2D eigenvalue weighted by Crippen LogP contribution is -2.23. The fourth-order valence-electron chi connectivity index (χ4n) is 4.03. The van der Waals surface area contributed by atoms with Gasteiger partial charge in [0.05, 0.1) is 54.6 Å². The van der Waals surface area contributed by atoms with E-state index in [-0.39, 0.29) is 24.5 Å². The summed E-state index contributed by atoms with van der Waals surface area (Å²) in [6.45, 7) is 3.64. The van der Waals surface area contributed by atoms with Crippen LogP contribution < -0.4 is 10.6 Å². The predicted molar refractivity (Wildman–Crippen MR) is 122 cm³/mol. The van der Waals surface area contributed by atoms with Gasteiger partial charge in [0.2, 0.25) is 0 Å². The minimum absolute atomic E-state index is 0.0128. The highest BCUT2D eigenvalue weighted by atomic mass is 16.5. The van der Waals surface area contributed by atoms with Gasteiger partial charge in [-0.25, -0.2) is 4.79 Å². The van der Waals surface area contributed by atoms with E-state index in [2.05, 4.69) is 20.7 Å². The van der Waals surface area contributed by atoms with Gasteiger partial charge in [-0.1, -0.05) is 30.3 Å². The monoisotopic (exact) mass is 449 g/mol. The minimum Gasteiger partial charge on any atom is -0.465 e.